The van der Waals surface area contributed by atoms with Gasteiger partial charge in [0.05, 0.1) is 30.7 Å². The Morgan fingerprint density at radius 3 is 2.81 bits per heavy atom. The summed E-state index contributed by atoms with van der Waals surface area (Å²) in [7, 11) is 0. The van der Waals surface area contributed by atoms with Crippen LogP contribution in [0.5, 0.6) is 0 Å². The topological polar surface area (TPSA) is 89.7 Å². The van der Waals surface area contributed by atoms with Gasteiger partial charge in [-0.2, -0.15) is 10.3 Å². The zero-order valence-electron chi connectivity index (χ0n) is 14.4. The van der Waals surface area contributed by atoms with E-state index in [1.165, 1.54) is 0 Å². The zero-order chi connectivity index (χ0) is 18.1. The molecule has 1 saturated heterocycles. The Labute approximate surface area is 151 Å². The van der Waals surface area contributed by atoms with Crippen LogP contribution in [0.25, 0.3) is 0 Å². The van der Waals surface area contributed by atoms with E-state index in [1.54, 1.807) is 12.3 Å². The van der Waals surface area contributed by atoms with E-state index in [9.17, 15) is 10.0 Å². The first kappa shape index (κ1) is 16.9. The van der Waals surface area contributed by atoms with Gasteiger partial charge in [-0.1, -0.05) is 6.07 Å². The molecule has 1 N–H and O–H groups in total. The molecule has 1 fully saturated rings. The van der Waals surface area contributed by atoms with Crippen LogP contribution in [0.3, 0.4) is 0 Å². The first-order chi connectivity index (χ1) is 12.7. The highest BCUT2D eigenvalue weighted by Crippen LogP contribution is 2.41. The van der Waals surface area contributed by atoms with Crippen LogP contribution in [0.4, 0.5) is 0 Å². The molecule has 1 aliphatic carbocycles. The maximum Gasteiger partial charge on any atom is 0.264 e. The minimum absolute atomic E-state index is 0.404. The van der Waals surface area contributed by atoms with Crippen LogP contribution in [0.2, 0.25) is 0 Å². The van der Waals surface area contributed by atoms with Gasteiger partial charge in [0.2, 0.25) is 0 Å². The average molecular weight is 352 g/mol. The highest BCUT2D eigenvalue weighted by molar-refractivity contribution is 5.92. The summed E-state index contributed by atoms with van der Waals surface area (Å²) in [6.07, 6.45) is 4.54. The molecule has 1 aromatic rings. The van der Waals surface area contributed by atoms with Gasteiger partial charge in [-0.3, -0.25) is 19.9 Å². The smallest absolute Gasteiger partial charge is 0.264 e. The quantitative estimate of drug-likeness (QED) is 0.833. The van der Waals surface area contributed by atoms with Crippen LogP contribution in [-0.4, -0.2) is 52.4 Å². The zero-order valence-corrected chi connectivity index (χ0v) is 14.4. The van der Waals surface area contributed by atoms with Gasteiger partial charge in [0.25, 0.3) is 5.91 Å². The second-order valence-electron chi connectivity index (χ2n) is 6.75. The third-order valence-corrected chi connectivity index (χ3v) is 5.11. The molecule has 1 amide bonds. The fraction of sp³-hybridized carbons (Fsp3) is 0.421. The summed E-state index contributed by atoms with van der Waals surface area (Å²) in [6, 6.07) is 5.97. The number of hydroxylamine groups is 2. The fourth-order valence-corrected chi connectivity index (χ4v) is 3.70. The van der Waals surface area contributed by atoms with Crippen molar-refractivity contribution in [2.45, 2.75) is 25.3 Å². The normalized spacial score (nSPS) is 23.7. The van der Waals surface area contributed by atoms with E-state index >= 15 is 0 Å². The van der Waals surface area contributed by atoms with Gasteiger partial charge in [-0.25, -0.2) is 0 Å². The van der Waals surface area contributed by atoms with Crippen molar-refractivity contribution in [3.05, 3.63) is 52.5 Å². The molecule has 134 valence electrons. The van der Waals surface area contributed by atoms with Crippen molar-refractivity contribution in [1.29, 1.82) is 5.26 Å². The number of ether oxygens (including phenoxy) is 1. The van der Waals surface area contributed by atoms with Gasteiger partial charge in [-0.15, -0.1) is 0 Å². The molecule has 0 saturated carbocycles. The Morgan fingerprint density at radius 2 is 2.12 bits per heavy atom. The number of allylic oxidation sites excluding steroid dienone is 3. The summed E-state index contributed by atoms with van der Waals surface area (Å²) in [5.74, 6) is -1.05. The first-order valence-electron chi connectivity index (χ1n) is 8.79. The minimum Gasteiger partial charge on any atom is -0.379 e. The van der Waals surface area contributed by atoms with Gasteiger partial charge in [-0.05, 0) is 36.1 Å². The van der Waals surface area contributed by atoms with Crippen LogP contribution >= 0.6 is 0 Å². The number of rotatable bonds is 3. The van der Waals surface area contributed by atoms with Crippen molar-refractivity contribution in [2.24, 2.45) is 0 Å². The second-order valence-corrected chi connectivity index (χ2v) is 6.75. The molecule has 7 heteroatoms. The Morgan fingerprint density at radius 1 is 1.31 bits per heavy atom. The van der Waals surface area contributed by atoms with Crippen molar-refractivity contribution in [2.75, 3.05) is 26.3 Å². The van der Waals surface area contributed by atoms with Gasteiger partial charge >= 0.3 is 0 Å². The molecule has 1 unspecified atom stereocenters. The highest BCUT2D eigenvalue weighted by atomic mass is 16.5. The molecule has 4 rings (SSSR count). The maximum atomic E-state index is 12.5. The third-order valence-electron chi connectivity index (χ3n) is 5.11. The summed E-state index contributed by atoms with van der Waals surface area (Å²) < 4.78 is 5.36. The Kier molecular flexibility index (Phi) is 4.55. The summed E-state index contributed by atoms with van der Waals surface area (Å²) in [4.78, 5) is 19.3. The van der Waals surface area contributed by atoms with Crippen LogP contribution in [-0.2, 0) is 16.1 Å². The lowest BCUT2D eigenvalue weighted by Gasteiger charge is -2.26. The Balaban J connectivity index is 1.56. The van der Waals surface area contributed by atoms with Crippen LogP contribution in [0.15, 0.2) is 41.2 Å². The maximum absolute atomic E-state index is 12.5. The van der Waals surface area contributed by atoms with E-state index in [0.717, 1.165) is 43.5 Å². The predicted octanol–water partition coefficient (Wildman–Crippen LogP) is 1.73. The highest BCUT2D eigenvalue weighted by Gasteiger charge is 2.41. The first-order valence-corrected chi connectivity index (χ1v) is 8.79. The summed E-state index contributed by atoms with van der Waals surface area (Å²) in [5.41, 5.74) is 3.57. The number of nitrogens with zero attached hydrogens (tertiary/aromatic N) is 4. The SMILES string of the molecule is N#CC1=CC2=C(CC1)N(O)C(=O)C2c1ccc(CN2CCOCC2)cn1. The number of nitriles is 1. The lowest BCUT2D eigenvalue weighted by Crippen LogP contribution is -2.35. The standard InChI is InChI=1S/C19H20N4O3/c20-10-13-2-4-17-15(9-13)18(19(24)23(17)25)16-3-1-14(11-21-16)12-22-5-7-26-8-6-22/h1,3,9,11,18,25H,2,4-8,12H2. The molecule has 0 radical (unpaired) electrons. The van der Waals surface area contributed by atoms with E-state index in [1.807, 2.05) is 12.1 Å². The van der Waals surface area contributed by atoms with Gasteiger partial charge in [0, 0.05) is 31.4 Å². The van der Waals surface area contributed by atoms with E-state index < -0.39 is 11.8 Å². The van der Waals surface area contributed by atoms with Crippen LogP contribution in [0.1, 0.15) is 30.0 Å². The molecule has 2 aliphatic heterocycles. The summed E-state index contributed by atoms with van der Waals surface area (Å²) in [5, 5.41) is 20.0. The molecule has 0 bridgehead atoms. The van der Waals surface area contributed by atoms with Crippen LogP contribution in [0, 0.1) is 11.3 Å². The van der Waals surface area contributed by atoms with Gasteiger partial charge in [0.15, 0.2) is 0 Å². The lowest BCUT2D eigenvalue weighted by atomic mass is 9.89. The van der Waals surface area contributed by atoms with Crippen molar-refractivity contribution in [1.82, 2.24) is 14.9 Å². The summed E-state index contributed by atoms with van der Waals surface area (Å²) >= 11 is 0. The van der Waals surface area contributed by atoms with Crippen LogP contribution < -0.4 is 0 Å². The number of carbonyl (C=O) groups is 1. The molecular weight excluding hydrogens is 332 g/mol. The molecule has 1 aromatic heterocycles. The number of amides is 1. The monoisotopic (exact) mass is 352 g/mol. The molecule has 26 heavy (non-hydrogen) atoms. The minimum atomic E-state index is -0.643. The van der Waals surface area contributed by atoms with Gasteiger partial charge in [0.1, 0.15) is 5.92 Å². The number of morpholine rings is 1. The molecule has 0 spiro atoms. The summed E-state index contributed by atoms with van der Waals surface area (Å²) in [6.45, 7) is 4.10. The molecule has 7 nitrogen and oxygen atoms in total. The third kappa shape index (κ3) is 3.03. The molecule has 3 heterocycles. The van der Waals surface area contributed by atoms with Gasteiger partial charge < -0.3 is 4.74 Å². The number of carbonyl (C=O) groups excluding carboxylic acids is 1. The number of hydrogen-bond acceptors (Lipinski definition) is 6. The van der Waals surface area contributed by atoms with Crippen molar-refractivity contribution in [3.63, 3.8) is 0 Å². The molecule has 1 atom stereocenters. The van der Waals surface area contributed by atoms with E-state index in [2.05, 4.69) is 16.0 Å². The number of pyridine rings is 1. The lowest BCUT2D eigenvalue weighted by molar-refractivity contribution is -0.154. The number of aromatic nitrogens is 1. The van der Waals surface area contributed by atoms with Crippen molar-refractivity contribution < 1.29 is 14.7 Å². The van der Waals surface area contributed by atoms with E-state index in [4.69, 9.17) is 10.00 Å². The second kappa shape index (κ2) is 7.00. The van der Waals surface area contributed by atoms with E-state index in [0.29, 0.717) is 35.4 Å². The Hall–Kier alpha value is -2.53. The van der Waals surface area contributed by atoms with E-state index in [-0.39, 0.29) is 0 Å². The largest absolute Gasteiger partial charge is 0.379 e. The molecule has 3 aliphatic rings. The Bertz CT molecular complexity index is 816. The fourth-order valence-electron chi connectivity index (χ4n) is 3.70. The van der Waals surface area contributed by atoms with Crippen molar-refractivity contribution in [3.8, 4) is 6.07 Å². The predicted molar refractivity (Wildman–Crippen MR) is 91.7 cm³/mol. The number of hydrogen-bond donors (Lipinski definition) is 1. The van der Waals surface area contributed by atoms with Crippen molar-refractivity contribution >= 4 is 5.91 Å². The average Bonchev–Trinajstić information content (AvgIpc) is 2.93. The molecular formula is C19H20N4O3. The molecule has 0 aromatic carbocycles.